The molecule has 3 rings (SSSR count). The third kappa shape index (κ3) is 4.77. The first-order chi connectivity index (χ1) is 13.4. The second-order valence-corrected chi connectivity index (χ2v) is 7.05. The molecule has 5 nitrogen and oxygen atoms in total. The van der Waals surface area contributed by atoms with Crippen molar-refractivity contribution in [3.8, 4) is 10.6 Å². The minimum atomic E-state index is -0.957. The number of nitrogens with zero attached hydrogens (tertiary/aromatic N) is 1. The van der Waals surface area contributed by atoms with Crippen molar-refractivity contribution in [3.05, 3.63) is 76.3 Å². The molecule has 28 heavy (non-hydrogen) atoms. The number of thiazole rings is 1. The molecule has 0 unspecified atom stereocenters. The van der Waals surface area contributed by atoms with Crippen LogP contribution in [0.2, 0.25) is 0 Å². The van der Waals surface area contributed by atoms with Gasteiger partial charge in [-0.1, -0.05) is 36.4 Å². The molecule has 144 valence electrons. The van der Waals surface area contributed by atoms with E-state index in [9.17, 15) is 18.4 Å². The molecular formula is C20H17F2N3O2S. The van der Waals surface area contributed by atoms with Gasteiger partial charge in [-0.15, -0.1) is 11.3 Å². The van der Waals surface area contributed by atoms with E-state index in [1.54, 1.807) is 6.92 Å². The maximum absolute atomic E-state index is 13.2. The van der Waals surface area contributed by atoms with Crippen molar-refractivity contribution in [1.82, 2.24) is 15.8 Å². The highest BCUT2D eigenvalue weighted by Crippen LogP contribution is 2.27. The van der Waals surface area contributed by atoms with E-state index in [0.29, 0.717) is 21.1 Å². The molecule has 8 heteroatoms. The zero-order chi connectivity index (χ0) is 20.1. The molecule has 2 aromatic carbocycles. The Labute approximate surface area is 164 Å². The molecule has 0 aliphatic carbocycles. The van der Waals surface area contributed by atoms with Crippen molar-refractivity contribution in [1.29, 1.82) is 0 Å². The quantitative estimate of drug-likeness (QED) is 0.639. The first-order valence-electron chi connectivity index (χ1n) is 8.50. The van der Waals surface area contributed by atoms with Gasteiger partial charge in [0.05, 0.1) is 5.69 Å². The zero-order valence-electron chi connectivity index (χ0n) is 15.0. The van der Waals surface area contributed by atoms with Crippen molar-refractivity contribution >= 4 is 23.2 Å². The Balaban J connectivity index is 1.54. The average molecular weight is 401 g/mol. The molecule has 2 N–H and O–H groups in total. The fourth-order valence-electron chi connectivity index (χ4n) is 2.51. The number of amides is 2. The predicted octanol–water partition coefficient (Wildman–Crippen LogP) is 3.79. The number of halogens is 2. The van der Waals surface area contributed by atoms with Crippen LogP contribution in [-0.2, 0) is 11.2 Å². The number of aryl methyl sites for hydroxylation is 2. The number of hydrogen-bond acceptors (Lipinski definition) is 4. The number of nitrogens with one attached hydrogen (secondary N) is 2. The van der Waals surface area contributed by atoms with Crippen LogP contribution in [0.5, 0.6) is 0 Å². The molecule has 0 bridgehead atoms. The van der Waals surface area contributed by atoms with Crippen molar-refractivity contribution < 1.29 is 18.4 Å². The van der Waals surface area contributed by atoms with E-state index in [1.165, 1.54) is 17.4 Å². The first-order valence-corrected chi connectivity index (χ1v) is 9.31. The van der Waals surface area contributed by atoms with Gasteiger partial charge in [-0.2, -0.15) is 0 Å². The molecule has 0 saturated heterocycles. The van der Waals surface area contributed by atoms with E-state index in [1.807, 2.05) is 30.3 Å². The SMILES string of the molecule is Cc1nc(-c2ccccc2)sc1C(=O)NNC(=O)CCc1ccc(F)c(F)c1. The van der Waals surface area contributed by atoms with Gasteiger partial charge in [0.2, 0.25) is 5.91 Å². The second-order valence-electron chi connectivity index (χ2n) is 6.05. The van der Waals surface area contributed by atoms with Gasteiger partial charge in [0.1, 0.15) is 9.88 Å². The largest absolute Gasteiger partial charge is 0.281 e. The number of aromatic nitrogens is 1. The number of rotatable bonds is 5. The smallest absolute Gasteiger partial charge is 0.273 e. The van der Waals surface area contributed by atoms with E-state index in [-0.39, 0.29) is 12.8 Å². The van der Waals surface area contributed by atoms with Gasteiger partial charge in [-0.05, 0) is 31.0 Å². The van der Waals surface area contributed by atoms with Crippen molar-refractivity contribution in [2.75, 3.05) is 0 Å². The molecule has 2 amide bonds. The zero-order valence-corrected chi connectivity index (χ0v) is 15.8. The average Bonchev–Trinajstić information content (AvgIpc) is 3.09. The van der Waals surface area contributed by atoms with Gasteiger partial charge in [0, 0.05) is 12.0 Å². The van der Waals surface area contributed by atoms with Gasteiger partial charge in [-0.25, -0.2) is 13.8 Å². The van der Waals surface area contributed by atoms with Gasteiger partial charge >= 0.3 is 0 Å². The van der Waals surface area contributed by atoms with Crippen LogP contribution in [0.1, 0.15) is 27.3 Å². The molecule has 0 fully saturated rings. The van der Waals surface area contributed by atoms with Crippen LogP contribution in [0.3, 0.4) is 0 Å². The Morgan fingerprint density at radius 2 is 1.79 bits per heavy atom. The third-order valence-corrected chi connectivity index (χ3v) is 5.17. The summed E-state index contributed by atoms with van der Waals surface area (Å²) in [5.74, 6) is -2.79. The topological polar surface area (TPSA) is 71.1 Å². The second kappa shape index (κ2) is 8.71. The lowest BCUT2D eigenvalue weighted by atomic mass is 10.1. The number of carbonyl (C=O) groups excluding carboxylic acids is 2. The van der Waals surface area contributed by atoms with E-state index in [2.05, 4.69) is 15.8 Å². The molecule has 0 aliphatic rings. The lowest BCUT2D eigenvalue weighted by molar-refractivity contribution is -0.121. The van der Waals surface area contributed by atoms with Crippen molar-refractivity contribution in [2.45, 2.75) is 19.8 Å². The summed E-state index contributed by atoms with van der Waals surface area (Å²) in [6.07, 6.45) is 0.235. The normalized spacial score (nSPS) is 10.5. The number of carbonyl (C=O) groups is 2. The van der Waals surface area contributed by atoms with E-state index < -0.39 is 23.4 Å². The minimum Gasteiger partial charge on any atom is -0.273 e. The van der Waals surface area contributed by atoms with Gasteiger partial charge in [0.25, 0.3) is 5.91 Å². The summed E-state index contributed by atoms with van der Waals surface area (Å²) >= 11 is 1.23. The molecule has 0 radical (unpaired) electrons. The van der Waals surface area contributed by atoms with E-state index in [0.717, 1.165) is 17.7 Å². The van der Waals surface area contributed by atoms with E-state index >= 15 is 0 Å². The molecule has 1 aromatic heterocycles. The molecule has 3 aromatic rings. The fraction of sp³-hybridized carbons (Fsp3) is 0.150. The molecule has 0 spiro atoms. The Bertz CT molecular complexity index is 1010. The monoisotopic (exact) mass is 401 g/mol. The maximum Gasteiger partial charge on any atom is 0.281 e. The van der Waals surface area contributed by atoms with Crippen LogP contribution in [0.4, 0.5) is 8.78 Å². The van der Waals surface area contributed by atoms with Crippen LogP contribution in [0, 0.1) is 18.6 Å². The van der Waals surface area contributed by atoms with Gasteiger partial charge < -0.3 is 0 Å². The van der Waals surface area contributed by atoms with Crippen LogP contribution in [0.25, 0.3) is 10.6 Å². The number of benzene rings is 2. The van der Waals surface area contributed by atoms with Gasteiger partial charge in [0.15, 0.2) is 11.6 Å². The Hall–Kier alpha value is -3.13. The summed E-state index contributed by atoms with van der Waals surface area (Å²) in [5.41, 5.74) is 6.65. The Morgan fingerprint density at radius 1 is 1.04 bits per heavy atom. The summed E-state index contributed by atoms with van der Waals surface area (Å²) in [5, 5.41) is 0.716. The fourth-order valence-corrected chi connectivity index (χ4v) is 3.48. The summed E-state index contributed by atoms with van der Waals surface area (Å²) in [7, 11) is 0. The van der Waals surface area contributed by atoms with Crippen LogP contribution >= 0.6 is 11.3 Å². The van der Waals surface area contributed by atoms with Crippen LogP contribution < -0.4 is 10.9 Å². The van der Waals surface area contributed by atoms with E-state index in [4.69, 9.17) is 0 Å². The first kappa shape index (κ1) is 19.6. The minimum absolute atomic E-state index is 0.0162. The number of hydrazine groups is 1. The standard InChI is InChI=1S/C20H17F2N3O2S/c1-12-18(28-20(23-12)14-5-3-2-4-6-14)19(27)25-24-17(26)10-8-13-7-9-15(21)16(22)11-13/h2-7,9,11H,8,10H2,1H3,(H,24,26)(H,25,27). The molecule has 0 aliphatic heterocycles. The summed E-state index contributed by atoms with van der Waals surface area (Å²) in [4.78, 5) is 29.0. The highest BCUT2D eigenvalue weighted by atomic mass is 32.1. The number of hydrogen-bond donors (Lipinski definition) is 2. The lowest BCUT2D eigenvalue weighted by Crippen LogP contribution is -2.41. The molecule has 0 saturated carbocycles. The molecular weight excluding hydrogens is 384 g/mol. The Kier molecular flexibility index (Phi) is 6.10. The van der Waals surface area contributed by atoms with Crippen molar-refractivity contribution in [3.63, 3.8) is 0 Å². The molecule has 0 atom stereocenters. The summed E-state index contributed by atoms with van der Waals surface area (Å²) < 4.78 is 26.1. The Morgan fingerprint density at radius 3 is 2.50 bits per heavy atom. The van der Waals surface area contributed by atoms with Crippen LogP contribution in [0.15, 0.2) is 48.5 Å². The summed E-state index contributed by atoms with van der Waals surface area (Å²) in [6.45, 7) is 1.72. The molecule has 1 heterocycles. The highest BCUT2D eigenvalue weighted by Gasteiger charge is 2.16. The summed E-state index contributed by atoms with van der Waals surface area (Å²) in [6, 6.07) is 13.0. The maximum atomic E-state index is 13.2. The van der Waals surface area contributed by atoms with Gasteiger partial charge in [-0.3, -0.25) is 20.4 Å². The predicted molar refractivity (Wildman–Crippen MR) is 103 cm³/mol. The van der Waals surface area contributed by atoms with Crippen molar-refractivity contribution in [2.24, 2.45) is 0 Å². The third-order valence-electron chi connectivity index (χ3n) is 3.96. The highest BCUT2D eigenvalue weighted by molar-refractivity contribution is 7.17. The van der Waals surface area contributed by atoms with Crippen LogP contribution in [-0.4, -0.2) is 16.8 Å². The lowest BCUT2D eigenvalue weighted by Gasteiger charge is -2.07.